The molecule has 5 aliphatic heterocycles. The van der Waals surface area contributed by atoms with Crippen molar-refractivity contribution in [3.05, 3.63) is 47.5 Å². The fraction of sp³-hybridized carbons (Fsp3) is 0.455. The van der Waals surface area contributed by atoms with E-state index in [0.717, 1.165) is 87.5 Å². The predicted octanol–water partition coefficient (Wildman–Crippen LogP) is 4.57. The van der Waals surface area contributed by atoms with E-state index >= 15 is 4.39 Å². The van der Waals surface area contributed by atoms with E-state index in [4.69, 9.17) is 9.97 Å². The molecule has 5 saturated heterocycles. The number of hydrogen-bond donors (Lipinski definition) is 2. The lowest BCUT2D eigenvalue weighted by Crippen LogP contribution is -2.61. The molecule has 2 N–H and O–H groups in total. The second kappa shape index (κ2) is 9.85. The highest BCUT2D eigenvalue weighted by Crippen LogP contribution is 2.40. The number of aromatic nitrogens is 4. The van der Waals surface area contributed by atoms with E-state index in [2.05, 4.69) is 44.1 Å². The van der Waals surface area contributed by atoms with Crippen LogP contribution in [0.3, 0.4) is 0 Å². The Balaban J connectivity index is 1.33. The summed E-state index contributed by atoms with van der Waals surface area (Å²) in [6.07, 6.45) is 7.32. The van der Waals surface area contributed by atoms with Gasteiger partial charge >= 0.3 is 0 Å². The molecule has 7 heterocycles. The third-order valence-electron chi connectivity index (χ3n) is 9.88. The summed E-state index contributed by atoms with van der Waals surface area (Å²) in [6, 6.07) is 9.79. The summed E-state index contributed by atoms with van der Waals surface area (Å²) in [5, 5.41) is 24.9. The maximum absolute atomic E-state index is 16.8. The van der Waals surface area contributed by atoms with Gasteiger partial charge in [0.05, 0.1) is 5.54 Å². The minimum absolute atomic E-state index is 0.0516. The molecule has 9 heteroatoms. The van der Waals surface area contributed by atoms with E-state index in [1.807, 2.05) is 18.2 Å². The van der Waals surface area contributed by atoms with Crippen molar-refractivity contribution >= 4 is 27.6 Å². The molecule has 0 saturated carbocycles. The zero-order chi connectivity index (χ0) is 28.4. The standard InChI is InChI=1S/C33H34FN7O/c1-2-20-6-3-7-21-16-24(42)17-25(27(20)21)29-28(34)30-31(39-38-29)32(41-19-22-8-9-23(41)18-35-22)37-26(36-30)10-13-33-11-4-14-40(33)15-5-12-33/h3,6-7,16-17,22-23,35,42H,2,4-5,8-9,11-12,14-15,18-19H2,1H3/t22-,23-/m1/s1. The molecule has 42 heavy (non-hydrogen) atoms. The van der Waals surface area contributed by atoms with E-state index in [-0.39, 0.29) is 28.5 Å². The fourth-order valence-electron chi connectivity index (χ4n) is 7.79. The number of hydrogen-bond acceptors (Lipinski definition) is 8. The van der Waals surface area contributed by atoms with Crippen molar-refractivity contribution in [1.82, 2.24) is 30.4 Å². The number of aromatic hydroxyl groups is 1. The Labute approximate surface area is 244 Å². The van der Waals surface area contributed by atoms with Gasteiger partial charge < -0.3 is 15.3 Å². The predicted molar refractivity (Wildman–Crippen MR) is 161 cm³/mol. The summed E-state index contributed by atoms with van der Waals surface area (Å²) >= 11 is 0. The molecule has 4 aromatic rings. The number of rotatable bonds is 3. The Morgan fingerprint density at radius 1 is 1.10 bits per heavy atom. The average Bonchev–Trinajstić information content (AvgIpc) is 3.60. The highest BCUT2D eigenvalue weighted by molar-refractivity contribution is 6.01. The molecule has 2 aromatic heterocycles. The van der Waals surface area contributed by atoms with Crippen molar-refractivity contribution in [3.8, 4) is 28.8 Å². The number of phenolic OH excluding ortho intramolecular Hbond substituents is 1. The lowest BCUT2D eigenvalue weighted by atomic mass is 9.93. The smallest absolute Gasteiger partial charge is 0.207 e. The molecule has 2 atom stereocenters. The van der Waals surface area contributed by atoms with Gasteiger partial charge in [0.25, 0.3) is 0 Å². The molecule has 9 rings (SSSR count). The fourth-order valence-corrected chi connectivity index (χ4v) is 7.79. The highest BCUT2D eigenvalue weighted by atomic mass is 19.1. The van der Waals surface area contributed by atoms with Crippen molar-refractivity contribution in [1.29, 1.82) is 0 Å². The Bertz CT molecular complexity index is 1780. The average molecular weight is 564 g/mol. The van der Waals surface area contributed by atoms with Crippen LogP contribution in [0.2, 0.25) is 0 Å². The maximum atomic E-state index is 16.8. The van der Waals surface area contributed by atoms with E-state index in [1.54, 1.807) is 12.1 Å². The minimum atomic E-state index is -0.564. The number of piperazine rings is 1. The third-order valence-corrected chi connectivity index (χ3v) is 9.88. The van der Waals surface area contributed by atoms with Crippen LogP contribution in [0.25, 0.3) is 33.1 Å². The molecule has 2 aromatic carbocycles. The molecule has 0 unspecified atom stereocenters. The third kappa shape index (κ3) is 4.03. The summed E-state index contributed by atoms with van der Waals surface area (Å²) in [4.78, 5) is 14.4. The number of aryl methyl sites for hydroxylation is 1. The molecule has 5 fully saturated rings. The van der Waals surface area contributed by atoms with Crippen LogP contribution in [0.1, 0.15) is 56.8 Å². The molecule has 0 radical (unpaired) electrons. The Morgan fingerprint density at radius 2 is 1.95 bits per heavy atom. The molecule has 214 valence electrons. The van der Waals surface area contributed by atoms with Crippen LogP contribution >= 0.6 is 0 Å². The lowest BCUT2D eigenvalue weighted by molar-refractivity contribution is 0.261. The van der Waals surface area contributed by atoms with Gasteiger partial charge in [0, 0.05) is 30.7 Å². The SMILES string of the molecule is CCc1cccc2cc(O)cc(-c3nnc4c(N5C[C@H]6CC[C@@H]5CN6)nc(C#CC56CCCN5CCC6)nc4c3F)c12. The first kappa shape index (κ1) is 25.8. The van der Waals surface area contributed by atoms with Crippen LogP contribution in [0.15, 0.2) is 30.3 Å². The van der Waals surface area contributed by atoms with E-state index in [1.165, 1.54) is 0 Å². The van der Waals surface area contributed by atoms with Crippen molar-refractivity contribution in [2.45, 2.75) is 69.5 Å². The summed E-state index contributed by atoms with van der Waals surface area (Å²) in [5.41, 5.74) is 2.00. The summed E-state index contributed by atoms with van der Waals surface area (Å²) < 4.78 is 16.8. The minimum Gasteiger partial charge on any atom is -0.508 e. The highest BCUT2D eigenvalue weighted by Gasteiger charge is 2.43. The molecule has 2 bridgehead atoms. The summed E-state index contributed by atoms with van der Waals surface area (Å²) in [5.74, 6) is 7.27. The maximum Gasteiger partial charge on any atom is 0.207 e. The topological polar surface area (TPSA) is 90.3 Å². The van der Waals surface area contributed by atoms with Crippen LogP contribution in [-0.2, 0) is 6.42 Å². The first-order chi connectivity index (χ1) is 20.5. The number of phenols is 1. The van der Waals surface area contributed by atoms with Crippen molar-refractivity contribution in [2.75, 3.05) is 31.1 Å². The Hall–Kier alpha value is -3.87. The first-order valence-electron chi connectivity index (χ1n) is 15.3. The number of benzene rings is 2. The normalized spacial score (nSPS) is 23.0. The van der Waals surface area contributed by atoms with E-state index in [0.29, 0.717) is 28.8 Å². The second-order valence-electron chi connectivity index (χ2n) is 12.3. The Kier molecular flexibility index (Phi) is 6.06. The second-order valence-corrected chi connectivity index (χ2v) is 12.3. The number of nitrogens with one attached hydrogen (secondary N) is 1. The quantitative estimate of drug-likeness (QED) is 0.351. The van der Waals surface area contributed by atoms with Gasteiger partial charge in [-0.15, -0.1) is 10.2 Å². The van der Waals surface area contributed by atoms with Crippen molar-refractivity contribution in [2.24, 2.45) is 0 Å². The molecule has 8 nitrogen and oxygen atoms in total. The summed E-state index contributed by atoms with van der Waals surface area (Å²) in [6.45, 7) is 5.86. The Morgan fingerprint density at radius 3 is 2.69 bits per heavy atom. The number of nitrogens with zero attached hydrogens (tertiary/aromatic N) is 6. The first-order valence-corrected chi connectivity index (χ1v) is 15.3. The van der Waals surface area contributed by atoms with E-state index < -0.39 is 5.82 Å². The van der Waals surface area contributed by atoms with Gasteiger partial charge in [-0.2, -0.15) is 0 Å². The molecule has 0 amide bonds. The molecular formula is C33H34FN7O. The van der Waals surface area contributed by atoms with Crippen LogP contribution in [0.5, 0.6) is 5.75 Å². The van der Waals surface area contributed by atoms with Crippen molar-refractivity contribution < 1.29 is 9.50 Å². The molecule has 0 spiro atoms. The van der Waals surface area contributed by atoms with E-state index in [9.17, 15) is 5.11 Å². The van der Waals surface area contributed by atoms with Gasteiger partial charge in [-0.1, -0.05) is 31.0 Å². The van der Waals surface area contributed by atoms with Crippen LogP contribution in [0, 0.1) is 17.7 Å². The van der Waals surface area contributed by atoms with Crippen LogP contribution in [-0.4, -0.2) is 74.0 Å². The van der Waals surface area contributed by atoms with Crippen LogP contribution < -0.4 is 10.2 Å². The van der Waals surface area contributed by atoms with Gasteiger partial charge in [0.1, 0.15) is 17.0 Å². The van der Waals surface area contributed by atoms with Gasteiger partial charge in [-0.05, 0) is 92.4 Å². The van der Waals surface area contributed by atoms with Gasteiger partial charge in [-0.25, -0.2) is 14.4 Å². The zero-order valence-electron chi connectivity index (χ0n) is 23.8. The van der Waals surface area contributed by atoms with Gasteiger partial charge in [0.2, 0.25) is 5.82 Å². The number of fused-ring (bicyclic) bond motifs is 6. The monoisotopic (exact) mass is 563 g/mol. The molecule has 5 aliphatic rings. The number of anilines is 1. The molecule has 0 aliphatic carbocycles. The summed E-state index contributed by atoms with van der Waals surface area (Å²) in [7, 11) is 0. The van der Waals surface area contributed by atoms with Crippen LogP contribution in [0.4, 0.5) is 10.2 Å². The number of halogens is 1. The van der Waals surface area contributed by atoms with Gasteiger partial charge in [-0.3, -0.25) is 4.90 Å². The largest absolute Gasteiger partial charge is 0.508 e. The number of piperidine rings is 2. The molecular weight excluding hydrogens is 529 g/mol. The lowest BCUT2D eigenvalue weighted by Gasteiger charge is -2.46. The zero-order valence-corrected chi connectivity index (χ0v) is 23.8. The van der Waals surface area contributed by atoms with Crippen molar-refractivity contribution in [3.63, 3.8) is 0 Å². The van der Waals surface area contributed by atoms with Gasteiger partial charge in [0.15, 0.2) is 17.2 Å².